The summed E-state index contributed by atoms with van der Waals surface area (Å²) < 4.78 is 2.75. The molecule has 1 aromatic carbocycles. The molecule has 0 aliphatic heterocycles. The van der Waals surface area contributed by atoms with Crippen LogP contribution in [0.15, 0.2) is 18.2 Å². The molecule has 0 saturated carbocycles. The highest BCUT2D eigenvalue weighted by atomic mass is 127. The predicted molar refractivity (Wildman–Crippen MR) is 84.9 cm³/mol. The molecule has 5 heteroatoms. The lowest BCUT2D eigenvalue weighted by molar-refractivity contribution is 0.780. The number of halogens is 2. The van der Waals surface area contributed by atoms with Crippen LogP contribution in [0.5, 0.6) is 0 Å². The van der Waals surface area contributed by atoms with Gasteiger partial charge in [-0.15, -0.1) is 0 Å². The van der Waals surface area contributed by atoms with Crippen LogP contribution in [0, 0.1) is 3.57 Å². The van der Waals surface area contributed by atoms with E-state index in [0.717, 1.165) is 31.2 Å². The molecule has 0 saturated heterocycles. The third-order valence-electron chi connectivity index (χ3n) is 2.90. The van der Waals surface area contributed by atoms with E-state index in [-0.39, 0.29) is 0 Å². The van der Waals surface area contributed by atoms with Crippen molar-refractivity contribution in [3.8, 4) is 11.3 Å². The molecule has 0 radical (unpaired) electrons. The smallest absolute Gasteiger partial charge is 0.125 e. The molecule has 0 unspecified atom stereocenters. The van der Waals surface area contributed by atoms with Crippen LogP contribution in [-0.4, -0.2) is 9.78 Å². The molecular formula is C13H15ClIN3. The summed E-state index contributed by atoms with van der Waals surface area (Å²) in [5.41, 5.74) is 9.08. The Morgan fingerprint density at radius 2 is 2.06 bits per heavy atom. The Hall–Kier alpha value is -0.750. The van der Waals surface area contributed by atoms with Crippen LogP contribution in [0.3, 0.4) is 0 Å². The number of nitrogen functional groups attached to an aromatic ring is 1. The minimum atomic E-state index is 0.326. The maximum atomic E-state index is 6.17. The molecular weight excluding hydrogens is 361 g/mol. The Morgan fingerprint density at radius 3 is 2.61 bits per heavy atom. The zero-order chi connectivity index (χ0) is 13.4. The fourth-order valence-electron chi connectivity index (χ4n) is 1.98. The summed E-state index contributed by atoms with van der Waals surface area (Å²) >= 11 is 8.38. The van der Waals surface area contributed by atoms with Crippen molar-refractivity contribution in [1.82, 2.24) is 9.78 Å². The van der Waals surface area contributed by atoms with E-state index >= 15 is 0 Å². The fraction of sp³-hybridized carbons (Fsp3) is 0.308. The van der Waals surface area contributed by atoms with Crippen LogP contribution in [0.1, 0.15) is 25.3 Å². The third kappa shape index (κ3) is 2.36. The van der Waals surface area contributed by atoms with E-state index in [1.165, 1.54) is 0 Å². The summed E-state index contributed by atoms with van der Waals surface area (Å²) in [7, 11) is 1.86. The molecule has 1 aromatic heterocycles. The molecule has 0 aliphatic carbocycles. The summed E-state index contributed by atoms with van der Waals surface area (Å²) in [5.74, 6) is 1.04. The highest BCUT2D eigenvalue weighted by molar-refractivity contribution is 14.1. The normalized spacial score (nSPS) is 11.2. The van der Waals surface area contributed by atoms with Crippen molar-refractivity contribution < 1.29 is 0 Å². The number of hydrogen-bond donors (Lipinski definition) is 1. The first-order chi connectivity index (χ1) is 8.41. The van der Waals surface area contributed by atoms with Gasteiger partial charge in [0.25, 0.3) is 0 Å². The van der Waals surface area contributed by atoms with Crippen molar-refractivity contribution in [2.45, 2.75) is 19.8 Å². The van der Waals surface area contributed by atoms with Gasteiger partial charge >= 0.3 is 0 Å². The summed E-state index contributed by atoms with van der Waals surface area (Å²) in [6.07, 6.45) is 0. The average molecular weight is 376 g/mol. The van der Waals surface area contributed by atoms with Gasteiger partial charge in [-0.3, -0.25) is 4.68 Å². The van der Waals surface area contributed by atoms with Crippen molar-refractivity contribution in [3.63, 3.8) is 0 Å². The minimum Gasteiger partial charge on any atom is -0.384 e. The molecule has 0 spiro atoms. The molecule has 2 N–H and O–H groups in total. The molecule has 3 nitrogen and oxygen atoms in total. The van der Waals surface area contributed by atoms with Crippen LogP contribution in [-0.2, 0) is 7.05 Å². The lowest BCUT2D eigenvalue weighted by Gasteiger charge is -2.08. The van der Waals surface area contributed by atoms with Crippen molar-refractivity contribution in [2.24, 2.45) is 7.05 Å². The zero-order valence-corrected chi connectivity index (χ0v) is 13.5. The van der Waals surface area contributed by atoms with Gasteiger partial charge in [-0.25, -0.2) is 0 Å². The van der Waals surface area contributed by atoms with Gasteiger partial charge in [0.05, 0.1) is 10.7 Å². The van der Waals surface area contributed by atoms with E-state index in [2.05, 4.69) is 41.5 Å². The van der Waals surface area contributed by atoms with Crippen LogP contribution in [0.25, 0.3) is 11.3 Å². The first kappa shape index (κ1) is 13.7. The van der Waals surface area contributed by atoms with E-state index < -0.39 is 0 Å². The van der Waals surface area contributed by atoms with Gasteiger partial charge in [-0.2, -0.15) is 5.10 Å². The predicted octanol–water partition coefficient (Wildman–Crippen LogP) is 4.05. The van der Waals surface area contributed by atoms with Gasteiger partial charge < -0.3 is 5.73 Å². The quantitative estimate of drug-likeness (QED) is 0.805. The Kier molecular flexibility index (Phi) is 3.87. The van der Waals surface area contributed by atoms with Gasteiger partial charge in [-0.1, -0.05) is 31.5 Å². The number of rotatable bonds is 2. The number of anilines is 1. The monoisotopic (exact) mass is 375 g/mol. The van der Waals surface area contributed by atoms with E-state index in [9.17, 15) is 0 Å². The van der Waals surface area contributed by atoms with E-state index in [4.69, 9.17) is 17.3 Å². The molecule has 96 valence electrons. The molecule has 0 atom stereocenters. The first-order valence-corrected chi connectivity index (χ1v) is 7.15. The van der Waals surface area contributed by atoms with E-state index in [1.807, 2.05) is 25.2 Å². The van der Waals surface area contributed by atoms with E-state index in [0.29, 0.717) is 5.92 Å². The topological polar surface area (TPSA) is 43.8 Å². The number of benzene rings is 1. The maximum Gasteiger partial charge on any atom is 0.125 e. The maximum absolute atomic E-state index is 6.17. The van der Waals surface area contributed by atoms with Crippen molar-refractivity contribution in [1.29, 1.82) is 0 Å². The number of hydrogen-bond acceptors (Lipinski definition) is 2. The van der Waals surface area contributed by atoms with Crippen LogP contribution in [0.4, 0.5) is 5.82 Å². The molecule has 0 aliphatic rings. The minimum absolute atomic E-state index is 0.326. The number of nitrogens with two attached hydrogens (primary N) is 1. The van der Waals surface area contributed by atoms with Crippen LogP contribution < -0.4 is 5.73 Å². The van der Waals surface area contributed by atoms with Gasteiger partial charge in [0.2, 0.25) is 0 Å². The first-order valence-electron chi connectivity index (χ1n) is 5.69. The second-order valence-corrected chi connectivity index (χ2v) is 6.12. The van der Waals surface area contributed by atoms with Gasteiger partial charge in [-0.05, 0) is 40.6 Å². The van der Waals surface area contributed by atoms with Crippen LogP contribution in [0.2, 0.25) is 5.02 Å². The highest BCUT2D eigenvalue weighted by Crippen LogP contribution is 2.34. The number of nitrogens with zero attached hydrogens (tertiary/aromatic N) is 2. The summed E-state index contributed by atoms with van der Waals surface area (Å²) in [4.78, 5) is 0. The SMILES string of the molecule is CC(C)c1c(-c2ccc(I)c(Cl)c2)nn(C)c1N. The average Bonchev–Trinajstić information content (AvgIpc) is 2.59. The van der Waals surface area contributed by atoms with Gasteiger partial charge in [0.1, 0.15) is 5.82 Å². The molecule has 0 fully saturated rings. The lowest BCUT2D eigenvalue weighted by atomic mass is 9.99. The lowest BCUT2D eigenvalue weighted by Crippen LogP contribution is -2.00. The summed E-state index contributed by atoms with van der Waals surface area (Å²) in [6, 6.07) is 5.96. The van der Waals surface area contributed by atoms with Gasteiger partial charge in [0.15, 0.2) is 0 Å². The molecule has 1 heterocycles. The van der Waals surface area contributed by atoms with Crippen molar-refractivity contribution in [2.75, 3.05) is 5.73 Å². The third-order valence-corrected chi connectivity index (χ3v) is 4.47. The summed E-state index contributed by atoms with van der Waals surface area (Å²) in [6.45, 7) is 4.23. The van der Waals surface area contributed by atoms with Gasteiger partial charge in [0, 0.05) is 21.7 Å². The molecule has 2 rings (SSSR count). The second kappa shape index (κ2) is 5.09. The Morgan fingerprint density at radius 1 is 1.39 bits per heavy atom. The van der Waals surface area contributed by atoms with Crippen molar-refractivity contribution in [3.05, 3.63) is 32.4 Å². The van der Waals surface area contributed by atoms with E-state index in [1.54, 1.807) is 4.68 Å². The van der Waals surface area contributed by atoms with Crippen molar-refractivity contribution >= 4 is 40.0 Å². The molecule has 18 heavy (non-hydrogen) atoms. The molecule has 2 aromatic rings. The Labute approximate surface area is 125 Å². The Balaban J connectivity index is 2.63. The standard InChI is InChI=1S/C13H15ClIN3/c1-7(2)11-12(17-18(3)13(11)16)8-4-5-10(15)9(14)6-8/h4-7H,16H2,1-3H3. The second-order valence-electron chi connectivity index (χ2n) is 4.55. The molecule has 0 amide bonds. The molecule has 0 bridgehead atoms. The number of aromatic nitrogens is 2. The highest BCUT2D eigenvalue weighted by Gasteiger charge is 2.18. The Bertz CT molecular complexity index is 590. The zero-order valence-electron chi connectivity index (χ0n) is 10.5. The van der Waals surface area contributed by atoms with Crippen LogP contribution >= 0.6 is 34.2 Å². The fourth-order valence-corrected chi connectivity index (χ4v) is 2.50. The summed E-state index contributed by atoms with van der Waals surface area (Å²) in [5, 5.41) is 5.25. The largest absolute Gasteiger partial charge is 0.384 e. The number of aryl methyl sites for hydroxylation is 1.